The van der Waals surface area contributed by atoms with Crippen molar-refractivity contribution in [2.45, 2.75) is 24.3 Å². The third kappa shape index (κ3) is 4.64. The van der Waals surface area contributed by atoms with Crippen LogP contribution in [0.15, 0.2) is 53.4 Å². The Kier molecular flexibility index (Phi) is 6.20. The average Bonchev–Trinajstić information content (AvgIpc) is 2.79. The molecule has 0 spiro atoms. The second-order valence-corrected chi connectivity index (χ2v) is 7.50. The van der Waals surface area contributed by atoms with E-state index in [0.717, 1.165) is 10.6 Å². The summed E-state index contributed by atoms with van der Waals surface area (Å²) in [5, 5.41) is 6.00. The molecule has 0 fully saturated rings. The molecule has 1 unspecified atom stereocenters. The number of hydrogen-bond donors (Lipinski definition) is 3. The Hall–Kier alpha value is -3.00. The lowest BCUT2D eigenvalue weighted by Gasteiger charge is -2.28. The van der Waals surface area contributed by atoms with Crippen LogP contribution < -0.4 is 21.3 Å². The molecule has 0 saturated carbocycles. The number of nitrogens with zero attached hydrogens (tertiary/aromatic N) is 1. The van der Waals surface area contributed by atoms with Gasteiger partial charge in [-0.1, -0.05) is 24.3 Å². The number of carbonyl (C=O) groups excluding carboxylic acids is 3. The summed E-state index contributed by atoms with van der Waals surface area (Å²) in [5.74, 6) is -0.498. The van der Waals surface area contributed by atoms with Crippen LogP contribution in [-0.4, -0.2) is 36.1 Å². The van der Waals surface area contributed by atoms with E-state index in [0.29, 0.717) is 11.4 Å². The summed E-state index contributed by atoms with van der Waals surface area (Å²) >= 11 is 1.32. The zero-order valence-electron chi connectivity index (χ0n) is 15.5. The van der Waals surface area contributed by atoms with E-state index in [2.05, 4.69) is 10.6 Å². The van der Waals surface area contributed by atoms with Crippen LogP contribution in [-0.2, 0) is 14.4 Å². The van der Waals surface area contributed by atoms with Crippen molar-refractivity contribution in [1.82, 2.24) is 0 Å². The number of fused-ring (bicyclic) bond motifs is 1. The smallest absolute Gasteiger partial charge is 0.246 e. The monoisotopic (exact) mass is 398 g/mol. The Morgan fingerprint density at radius 2 is 1.93 bits per heavy atom. The topological polar surface area (TPSA) is 105 Å². The highest BCUT2D eigenvalue weighted by molar-refractivity contribution is 8.00. The molecule has 4 N–H and O–H groups in total. The van der Waals surface area contributed by atoms with Crippen LogP contribution in [0.3, 0.4) is 0 Å². The van der Waals surface area contributed by atoms with Crippen LogP contribution in [0, 0.1) is 0 Å². The highest BCUT2D eigenvalue weighted by Crippen LogP contribution is 2.32. The van der Waals surface area contributed by atoms with Crippen LogP contribution in [0.4, 0.5) is 17.1 Å². The molecule has 3 rings (SSSR count). The summed E-state index contributed by atoms with van der Waals surface area (Å²) in [5.41, 5.74) is 7.29. The van der Waals surface area contributed by atoms with Gasteiger partial charge in [0.1, 0.15) is 0 Å². The molecule has 8 heteroatoms. The largest absolute Gasteiger partial charge is 0.375 e. The fourth-order valence-electron chi connectivity index (χ4n) is 3.11. The van der Waals surface area contributed by atoms with Gasteiger partial charge in [-0.05, 0) is 31.2 Å². The van der Waals surface area contributed by atoms with Crippen molar-refractivity contribution < 1.29 is 14.4 Å². The number of primary amides is 1. The molecular weight excluding hydrogens is 376 g/mol. The second kappa shape index (κ2) is 8.79. The Bertz CT molecular complexity index is 903. The molecule has 1 heterocycles. The standard InChI is InChI=1S/C20H22N4O3S/c1-13-10-19(26)23-14-6-2-4-8-16(14)24(13)20(27)11-22-15-7-3-5-9-17(15)28-12-18(21)25/h2-9,13,22H,10-12H2,1H3,(H2,21,25)(H,23,26). The number of anilines is 3. The van der Waals surface area contributed by atoms with Crippen molar-refractivity contribution in [3.05, 3.63) is 48.5 Å². The van der Waals surface area contributed by atoms with Gasteiger partial charge in [-0.15, -0.1) is 11.8 Å². The minimum Gasteiger partial charge on any atom is -0.375 e. The Morgan fingerprint density at radius 3 is 2.71 bits per heavy atom. The molecule has 1 aliphatic heterocycles. The third-order valence-corrected chi connectivity index (χ3v) is 5.41. The van der Waals surface area contributed by atoms with Gasteiger partial charge in [0.15, 0.2) is 0 Å². The van der Waals surface area contributed by atoms with E-state index in [1.807, 2.05) is 49.4 Å². The fraction of sp³-hybridized carbons (Fsp3) is 0.250. The van der Waals surface area contributed by atoms with Gasteiger partial charge in [-0.2, -0.15) is 0 Å². The first-order valence-corrected chi connectivity index (χ1v) is 9.89. The van der Waals surface area contributed by atoms with E-state index < -0.39 is 5.91 Å². The van der Waals surface area contributed by atoms with Crippen LogP contribution in [0.1, 0.15) is 13.3 Å². The van der Waals surface area contributed by atoms with E-state index in [1.54, 1.807) is 11.0 Å². The minimum atomic E-state index is -0.400. The number of rotatable bonds is 6. The van der Waals surface area contributed by atoms with Gasteiger partial charge in [-0.3, -0.25) is 14.4 Å². The van der Waals surface area contributed by atoms with E-state index in [9.17, 15) is 14.4 Å². The molecular formula is C20H22N4O3S. The van der Waals surface area contributed by atoms with Gasteiger partial charge >= 0.3 is 0 Å². The minimum absolute atomic E-state index is 0.0566. The third-order valence-electron chi connectivity index (χ3n) is 4.32. The van der Waals surface area contributed by atoms with Crippen LogP contribution in [0.2, 0.25) is 0 Å². The molecule has 0 radical (unpaired) electrons. The molecule has 0 aromatic heterocycles. The average molecular weight is 398 g/mol. The fourth-order valence-corrected chi connectivity index (χ4v) is 3.88. The first-order chi connectivity index (χ1) is 13.5. The normalized spacial score (nSPS) is 16.0. The first-order valence-electron chi connectivity index (χ1n) is 8.90. The van der Waals surface area contributed by atoms with Crippen LogP contribution in [0.5, 0.6) is 0 Å². The summed E-state index contributed by atoms with van der Waals surface area (Å²) in [6.45, 7) is 1.91. The van der Waals surface area contributed by atoms with Crippen molar-refractivity contribution in [3.8, 4) is 0 Å². The zero-order valence-corrected chi connectivity index (χ0v) is 16.3. The van der Waals surface area contributed by atoms with Crippen molar-refractivity contribution in [3.63, 3.8) is 0 Å². The second-order valence-electron chi connectivity index (χ2n) is 6.49. The molecule has 1 atom stereocenters. The molecule has 0 saturated heterocycles. The number of amides is 3. The summed E-state index contributed by atoms with van der Waals surface area (Å²) in [7, 11) is 0. The van der Waals surface area contributed by atoms with Crippen LogP contribution >= 0.6 is 11.8 Å². The lowest BCUT2D eigenvalue weighted by atomic mass is 10.1. The summed E-state index contributed by atoms with van der Waals surface area (Å²) in [4.78, 5) is 38.6. The van der Waals surface area contributed by atoms with Gasteiger partial charge in [0.2, 0.25) is 17.7 Å². The van der Waals surface area contributed by atoms with Gasteiger partial charge < -0.3 is 21.3 Å². The number of thioether (sulfide) groups is 1. The lowest BCUT2D eigenvalue weighted by molar-refractivity contribution is -0.118. The van der Waals surface area contributed by atoms with Crippen molar-refractivity contribution in [2.24, 2.45) is 5.73 Å². The number of nitrogens with one attached hydrogen (secondary N) is 2. The van der Waals surface area contributed by atoms with Crippen molar-refractivity contribution >= 4 is 46.5 Å². The predicted octanol–water partition coefficient (Wildman–Crippen LogP) is 2.44. The Morgan fingerprint density at radius 1 is 1.21 bits per heavy atom. The number of para-hydroxylation sites is 3. The number of carbonyl (C=O) groups is 3. The lowest BCUT2D eigenvalue weighted by Crippen LogP contribution is -2.42. The maximum atomic E-state index is 13.0. The molecule has 28 heavy (non-hydrogen) atoms. The number of benzene rings is 2. The van der Waals surface area contributed by atoms with Crippen molar-refractivity contribution in [2.75, 3.05) is 27.8 Å². The first kappa shape index (κ1) is 19.8. The van der Waals surface area contributed by atoms with E-state index in [1.165, 1.54) is 11.8 Å². The van der Waals surface area contributed by atoms with E-state index >= 15 is 0 Å². The number of nitrogens with two attached hydrogens (primary N) is 1. The molecule has 7 nitrogen and oxygen atoms in total. The number of hydrogen-bond acceptors (Lipinski definition) is 5. The highest BCUT2D eigenvalue weighted by atomic mass is 32.2. The zero-order chi connectivity index (χ0) is 20.1. The molecule has 2 aromatic carbocycles. The van der Waals surface area contributed by atoms with E-state index in [-0.39, 0.29) is 36.6 Å². The van der Waals surface area contributed by atoms with E-state index in [4.69, 9.17) is 5.73 Å². The van der Waals surface area contributed by atoms with Gasteiger partial charge in [0.25, 0.3) is 0 Å². The molecule has 2 aromatic rings. The molecule has 0 aliphatic carbocycles. The molecule has 146 valence electrons. The van der Waals surface area contributed by atoms with Crippen molar-refractivity contribution in [1.29, 1.82) is 0 Å². The summed E-state index contributed by atoms with van der Waals surface area (Å²) in [6.07, 6.45) is 0.228. The van der Waals surface area contributed by atoms with Gasteiger partial charge in [0.05, 0.1) is 23.7 Å². The summed E-state index contributed by atoms with van der Waals surface area (Å²) < 4.78 is 0. The van der Waals surface area contributed by atoms with Crippen LogP contribution in [0.25, 0.3) is 0 Å². The maximum absolute atomic E-state index is 13.0. The molecule has 3 amide bonds. The summed E-state index contributed by atoms with van der Waals surface area (Å²) in [6, 6.07) is 14.4. The Balaban J connectivity index is 1.76. The maximum Gasteiger partial charge on any atom is 0.246 e. The molecule has 1 aliphatic rings. The quantitative estimate of drug-likeness (QED) is 0.649. The van der Waals surface area contributed by atoms with Gasteiger partial charge in [-0.25, -0.2) is 0 Å². The highest BCUT2D eigenvalue weighted by Gasteiger charge is 2.29. The Labute approximate surface area is 167 Å². The van der Waals surface area contributed by atoms with Gasteiger partial charge in [0, 0.05) is 23.0 Å². The molecule has 0 bridgehead atoms. The SMILES string of the molecule is CC1CC(=O)Nc2ccccc2N1C(=O)CNc1ccccc1SCC(N)=O. The predicted molar refractivity (Wildman–Crippen MR) is 111 cm³/mol.